The van der Waals surface area contributed by atoms with Gasteiger partial charge in [0.1, 0.15) is 0 Å². The van der Waals surface area contributed by atoms with E-state index in [1.807, 2.05) is 6.92 Å². The van der Waals surface area contributed by atoms with Crippen molar-refractivity contribution in [2.75, 3.05) is 72.2 Å². The third kappa shape index (κ3) is 6.99. The number of aryl methyl sites for hydroxylation is 1. The fraction of sp³-hybridized carbons (Fsp3) is 0.588. The summed E-state index contributed by atoms with van der Waals surface area (Å²) in [6, 6.07) is 2.99. The van der Waals surface area contributed by atoms with Gasteiger partial charge < -0.3 is 24.2 Å². The molecule has 0 radical (unpaired) electrons. The quantitative estimate of drug-likeness (QED) is 0.387. The largest absolute Gasteiger partial charge is 0.490 e. The van der Waals surface area contributed by atoms with E-state index in [0.717, 1.165) is 70.0 Å². The van der Waals surface area contributed by atoms with Crippen molar-refractivity contribution >= 4 is 17.5 Å². The maximum absolute atomic E-state index is 15.6. The monoisotopic (exact) mass is 652 g/mol. The summed E-state index contributed by atoms with van der Waals surface area (Å²) in [5.74, 6) is -1.75. The number of fused-ring (bicyclic) bond motifs is 2. The zero-order valence-corrected chi connectivity index (χ0v) is 28.0. The standard InChI is InChI=1S/C34H45FN6O6/c1-21-23-7-6-16-46-30(23)25(35)19-24(21)29-28(31(33(43)44)47-34(3,4)5)22(2)36-27-20-26(37-41(27)29)32(42)40-12-10-38(11-13-40)8-9-39-14-17-45-18-15-39/h19-20,31H,6-18H2,1-5H3,(H,43,44)/t31-/m0/s1. The molecule has 3 aliphatic heterocycles. The van der Waals surface area contributed by atoms with Crippen LogP contribution in [-0.4, -0.2) is 124 Å². The molecule has 12 nitrogen and oxygen atoms in total. The second-order valence-corrected chi connectivity index (χ2v) is 13.6. The summed E-state index contributed by atoms with van der Waals surface area (Å²) in [5.41, 5.74) is 2.67. The van der Waals surface area contributed by atoms with E-state index >= 15 is 4.39 Å². The molecule has 2 aromatic heterocycles. The lowest BCUT2D eigenvalue weighted by atomic mass is 9.91. The number of carbonyl (C=O) groups excluding carboxylic acids is 1. The second-order valence-electron chi connectivity index (χ2n) is 13.6. The molecule has 0 spiro atoms. The Kier molecular flexibility index (Phi) is 9.52. The summed E-state index contributed by atoms with van der Waals surface area (Å²) in [5, 5.41) is 15.2. The van der Waals surface area contributed by atoms with Crippen LogP contribution >= 0.6 is 0 Å². The molecule has 254 valence electrons. The molecule has 5 heterocycles. The van der Waals surface area contributed by atoms with Crippen LogP contribution in [-0.2, 0) is 20.7 Å². The Bertz CT molecular complexity index is 1660. The average molecular weight is 653 g/mol. The van der Waals surface area contributed by atoms with Gasteiger partial charge in [0.25, 0.3) is 5.91 Å². The summed E-state index contributed by atoms with van der Waals surface area (Å²) < 4.78 is 34.3. The summed E-state index contributed by atoms with van der Waals surface area (Å²) >= 11 is 0. The number of carbonyl (C=O) groups is 2. The molecular weight excluding hydrogens is 607 g/mol. The maximum Gasteiger partial charge on any atom is 0.337 e. The van der Waals surface area contributed by atoms with E-state index < -0.39 is 23.5 Å². The number of rotatable bonds is 8. The summed E-state index contributed by atoms with van der Waals surface area (Å²) in [7, 11) is 0. The van der Waals surface area contributed by atoms with Crippen molar-refractivity contribution < 1.29 is 33.3 Å². The Balaban J connectivity index is 1.37. The molecule has 47 heavy (non-hydrogen) atoms. The van der Waals surface area contributed by atoms with E-state index in [9.17, 15) is 14.7 Å². The molecule has 3 aromatic rings. The third-order valence-corrected chi connectivity index (χ3v) is 9.19. The first-order valence-corrected chi connectivity index (χ1v) is 16.5. The van der Waals surface area contributed by atoms with Crippen LogP contribution < -0.4 is 4.74 Å². The first-order valence-electron chi connectivity index (χ1n) is 16.5. The lowest BCUT2D eigenvalue weighted by molar-refractivity contribution is -0.160. The molecule has 0 aliphatic carbocycles. The van der Waals surface area contributed by atoms with Crippen molar-refractivity contribution in [3.63, 3.8) is 0 Å². The van der Waals surface area contributed by atoms with Crippen molar-refractivity contribution in [2.45, 2.75) is 59.2 Å². The SMILES string of the molecule is Cc1nc2cc(C(=O)N3CCN(CCN4CCOCC4)CC3)nn2c(-c2cc(F)c3c(c2C)CCCO3)c1[C@H](OC(C)(C)C)C(=O)O. The fourth-order valence-electron chi connectivity index (χ4n) is 6.74. The van der Waals surface area contributed by atoms with Crippen molar-refractivity contribution in [3.8, 4) is 17.0 Å². The van der Waals surface area contributed by atoms with E-state index in [1.54, 1.807) is 38.7 Å². The van der Waals surface area contributed by atoms with E-state index in [0.29, 0.717) is 48.7 Å². The molecule has 1 aromatic carbocycles. The molecule has 13 heteroatoms. The number of piperazine rings is 1. The summed E-state index contributed by atoms with van der Waals surface area (Å²) in [4.78, 5) is 37.9. The number of hydrogen-bond donors (Lipinski definition) is 1. The van der Waals surface area contributed by atoms with Crippen molar-refractivity contribution in [3.05, 3.63) is 46.0 Å². The van der Waals surface area contributed by atoms with Crippen LogP contribution in [0.3, 0.4) is 0 Å². The highest BCUT2D eigenvalue weighted by Crippen LogP contribution is 2.41. The first kappa shape index (κ1) is 33.3. The van der Waals surface area contributed by atoms with Crippen LogP contribution in [0.4, 0.5) is 4.39 Å². The van der Waals surface area contributed by atoms with Crippen molar-refractivity contribution in [1.29, 1.82) is 0 Å². The summed E-state index contributed by atoms with van der Waals surface area (Å²) in [6.07, 6.45) is -0.0675. The lowest BCUT2D eigenvalue weighted by Crippen LogP contribution is -2.51. The smallest absolute Gasteiger partial charge is 0.337 e. The number of halogens is 1. The van der Waals surface area contributed by atoms with E-state index in [-0.39, 0.29) is 22.9 Å². The minimum Gasteiger partial charge on any atom is -0.490 e. The number of aromatic nitrogens is 3. The van der Waals surface area contributed by atoms with Gasteiger partial charge in [-0.15, -0.1) is 0 Å². The van der Waals surface area contributed by atoms with Gasteiger partial charge in [0.05, 0.1) is 31.1 Å². The van der Waals surface area contributed by atoms with Crippen molar-refractivity contribution in [2.24, 2.45) is 0 Å². The molecular formula is C34H45FN6O6. The Morgan fingerprint density at radius 1 is 1.02 bits per heavy atom. The molecule has 0 unspecified atom stereocenters. The highest BCUT2D eigenvalue weighted by atomic mass is 19.1. The Hall–Kier alpha value is -3.65. The average Bonchev–Trinajstić information content (AvgIpc) is 3.47. The third-order valence-electron chi connectivity index (χ3n) is 9.19. The molecule has 0 bridgehead atoms. The molecule has 3 aliphatic rings. The number of aliphatic carboxylic acids is 1. The molecule has 2 saturated heterocycles. The maximum atomic E-state index is 15.6. The molecule has 2 fully saturated rings. The molecule has 1 N–H and O–H groups in total. The van der Waals surface area contributed by atoms with Gasteiger partial charge in [-0.05, 0) is 59.1 Å². The van der Waals surface area contributed by atoms with Crippen LogP contribution in [0.2, 0.25) is 0 Å². The number of hydrogen-bond acceptors (Lipinski definition) is 9. The van der Waals surface area contributed by atoms with Crippen molar-refractivity contribution in [1.82, 2.24) is 29.3 Å². The number of ether oxygens (including phenoxy) is 3. The molecule has 1 atom stereocenters. The predicted molar refractivity (Wildman–Crippen MR) is 172 cm³/mol. The second kappa shape index (κ2) is 13.5. The fourth-order valence-corrected chi connectivity index (χ4v) is 6.74. The molecule has 6 rings (SSSR count). The van der Waals surface area contributed by atoms with Crippen LogP contribution in [0.5, 0.6) is 5.75 Å². The van der Waals surface area contributed by atoms with Gasteiger partial charge >= 0.3 is 5.97 Å². The lowest BCUT2D eigenvalue weighted by Gasteiger charge is -2.36. The van der Waals surface area contributed by atoms with Gasteiger partial charge in [-0.1, -0.05) is 0 Å². The number of nitrogens with zero attached hydrogens (tertiary/aromatic N) is 6. The minimum atomic E-state index is -1.43. The van der Waals surface area contributed by atoms with E-state index in [1.165, 1.54) is 10.6 Å². The highest BCUT2D eigenvalue weighted by molar-refractivity contribution is 5.94. The zero-order chi connectivity index (χ0) is 33.5. The number of carboxylic acids is 1. The van der Waals surface area contributed by atoms with Gasteiger partial charge in [-0.3, -0.25) is 14.6 Å². The molecule has 0 saturated carbocycles. The Morgan fingerprint density at radius 3 is 2.36 bits per heavy atom. The normalized spacial score (nSPS) is 18.6. The zero-order valence-electron chi connectivity index (χ0n) is 28.0. The van der Waals surface area contributed by atoms with Crippen LogP contribution in [0.1, 0.15) is 66.2 Å². The van der Waals surface area contributed by atoms with Gasteiger partial charge in [0, 0.05) is 80.8 Å². The number of carboxylic acid groups (broad SMARTS) is 1. The van der Waals surface area contributed by atoms with Gasteiger partial charge in [-0.2, -0.15) is 5.10 Å². The van der Waals surface area contributed by atoms with E-state index in [2.05, 4.69) is 9.80 Å². The first-order chi connectivity index (χ1) is 22.4. The van der Waals surface area contributed by atoms with Gasteiger partial charge in [0.15, 0.2) is 29.0 Å². The van der Waals surface area contributed by atoms with Gasteiger partial charge in [0.2, 0.25) is 0 Å². The van der Waals surface area contributed by atoms with E-state index in [4.69, 9.17) is 24.3 Å². The Morgan fingerprint density at radius 2 is 1.70 bits per heavy atom. The topological polar surface area (TPSA) is 122 Å². The van der Waals surface area contributed by atoms with Gasteiger partial charge in [-0.25, -0.2) is 18.7 Å². The summed E-state index contributed by atoms with van der Waals surface area (Å²) in [6.45, 7) is 17.4. The number of amides is 1. The molecule has 1 amide bonds. The predicted octanol–water partition coefficient (Wildman–Crippen LogP) is 3.51. The number of benzene rings is 1. The Labute approximate surface area is 274 Å². The highest BCUT2D eigenvalue weighted by Gasteiger charge is 2.35. The van der Waals surface area contributed by atoms with Crippen LogP contribution in [0.25, 0.3) is 16.9 Å². The minimum absolute atomic E-state index is 0.195. The number of morpholine rings is 1. The van der Waals surface area contributed by atoms with Crippen LogP contribution in [0, 0.1) is 19.7 Å². The van der Waals surface area contributed by atoms with Crippen LogP contribution in [0.15, 0.2) is 12.1 Å².